The molecule has 6 nitrogen and oxygen atoms in total. The Labute approximate surface area is 149 Å². The first-order valence-electron chi connectivity index (χ1n) is 8.00. The van der Waals surface area contributed by atoms with Crippen molar-refractivity contribution in [2.24, 2.45) is 5.92 Å². The number of halogens is 1. The zero-order valence-electron chi connectivity index (χ0n) is 13.4. The lowest BCUT2D eigenvalue weighted by Gasteiger charge is -2.34. The summed E-state index contributed by atoms with van der Waals surface area (Å²) in [5.41, 5.74) is 0.766. The van der Waals surface area contributed by atoms with Crippen LogP contribution in [-0.2, 0) is 0 Å². The molecule has 1 aliphatic rings. The fourth-order valence-electron chi connectivity index (χ4n) is 3.07. The van der Waals surface area contributed by atoms with E-state index >= 15 is 0 Å². The molecule has 1 unspecified atom stereocenters. The molecule has 132 valence electrons. The molecule has 1 aromatic carbocycles. The highest BCUT2D eigenvalue weighted by molar-refractivity contribution is 6.30. The summed E-state index contributed by atoms with van der Waals surface area (Å²) in [5, 5.41) is 20.0. The van der Waals surface area contributed by atoms with Crippen molar-refractivity contribution < 1.29 is 24.2 Å². The highest BCUT2D eigenvalue weighted by Crippen LogP contribution is 2.31. The number of aliphatic hydroxyl groups excluding tert-OH is 1. The summed E-state index contributed by atoms with van der Waals surface area (Å²) in [6.07, 6.45) is 1.77. The van der Waals surface area contributed by atoms with Crippen molar-refractivity contribution in [2.75, 3.05) is 13.1 Å². The first kappa shape index (κ1) is 17.5. The Balaban J connectivity index is 1.60. The lowest BCUT2D eigenvalue weighted by molar-refractivity contribution is 0.0442. The second-order valence-electron chi connectivity index (χ2n) is 6.13. The number of hydrogen-bond donors (Lipinski definition) is 2. The number of hydrogen-bond acceptors (Lipinski definition) is 4. The number of carboxylic acid groups (broad SMARTS) is 1. The molecule has 0 saturated carbocycles. The number of piperidine rings is 1. The predicted octanol–water partition coefficient (Wildman–Crippen LogP) is 3.22. The Bertz CT molecular complexity index is 762. The van der Waals surface area contributed by atoms with Gasteiger partial charge in [-0.25, -0.2) is 4.79 Å². The standard InChI is InChI=1S/C18H18ClNO5/c19-14-3-1-11(2-4-14)16(21)12-5-7-20(8-6-12)17(22)15-9-13(10-25-15)18(23)24/h1-4,9-10,12,16,21H,5-8H2,(H,23,24). The van der Waals surface area contributed by atoms with E-state index in [1.165, 1.54) is 6.07 Å². The van der Waals surface area contributed by atoms with Crippen LogP contribution in [0.3, 0.4) is 0 Å². The second-order valence-corrected chi connectivity index (χ2v) is 6.57. The lowest BCUT2D eigenvalue weighted by atomic mass is 9.87. The molecule has 1 saturated heterocycles. The van der Waals surface area contributed by atoms with Crippen molar-refractivity contribution in [2.45, 2.75) is 18.9 Å². The molecule has 2 heterocycles. The third kappa shape index (κ3) is 3.86. The Morgan fingerprint density at radius 3 is 2.40 bits per heavy atom. The summed E-state index contributed by atoms with van der Waals surface area (Å²) in [6, 6.07) is 8.34. The van der Waals surface area contributed by atoms with Gasteiger partial charge in [0, 0.05) is 24.2 Å². The molecule has 2 aromatic rings. The van der Waals surface area contributed by atoms with Gasteiger partial charge in [0.25, 0.3) is 5.91 Å². The smallest absolute Gasteiger partial charge is 0.338 e. The summed E-state index contributed by atoms with van der Waals surface area (Å²) in [5.74, 6) is -1.38. The number of rotatable bonds is 4. The minimum atomic E-state index is -1.13. The number of benzene rings is 1. The summed E-state index contributed by atoms with van der Waals surface area (Å²) in [7, 11) is 0. The van der Waals surface area contributed by atoms with Crippen LogP contribution in [0.1, 0.15) is 45.4 Å². The molecular weight excluding hydrogens is 346 g/mol. The Morgan fingerprint density at radius 2 is 1.84 bits per heavy atom. The van der Waals surface area contributed by atoms with Crippen LogP contribution in [0.4, 0.5) is 0 Å². The van der Waals surface area contributed by atoms with E-state index in [1.54, 1.807) is 29.2 Å². The Hall–Kier alpha value is -2.31. The van der Waals surface area contributed by atoms with Crippen LogP contribution in [-0.4, -0.2) is 40.1 Å². The van der Waals surface area contributed by atoms with Gasteiger partial charge in [0.2, 0.25) is 0 Å². The highest BCUT2D eigenvalue weighted by atomic mass is 35.5. The van der Waals surface area contributed by atoms with E-state index in [4.69, 9.17) is 21.1 Å². The Kier molecular flexibility index (Phi) is 5.11. The van der Waals surface area contributed by atoms with Crippen LogP contribution in [0.15, 0.2) is 41.0 Å². The number of carbonyl (C=O) groups excluding carboxylic acids is 1. The van der Waals surface area contributed by atoms with Crippen LogP contribution < -0.4 is 0 Å². The molecule has 1 atom stereocenters. The molecule has 1 amide bonds. The number of aliphatic hydroxyl groups is 1. The predicted molar refractivity (Wildman–Crippen MR) is 90.7 cm³/mol. The third-order valence-corrected chi connectivity index (χ3v) is 4.79. The molecule has 25 heavy (non-hydrogen) atoms. The third-order valence-electron chi connectivity index (χ3n) is 4.54. The van der Waals surface area contributed by atoms with Gasteiger partial charge in [-0.3, -0.25) is 4.79 Å². The maximum Gasteiger partial charge on any atom is 0.338 e. The van der Waals surface area contributed by atoms with E-state index in [2.05, 4.69) is 0 Å². The quantitative estimate of drug-likeness (QED) is 0.870. The second kappa shape index (κ2) is 7.29. The van der Waals surface area contributed by atoms with E-state index in [-0.39, 0.29) is 23.1 Å². The van der Waals surface area contributed by atoms with E-state index in [0.717, 1.165) is 11.8 Å². The van der Waals surface area contributed by atoms with Gasteiger partial charge in [-0.2, -0.15) is 0 Å². The number of carboxylic acids is 1. The summed E-state index contributed by atoms with van der Waals surface area (Å²) < 4.78 is 5.06. The van der Waals surface area contributed by atoms with Gasteiger partial charge in [0.1, 0.15) is 6.26 Å². The molecule has 0 spiro atoms. The number of aromatic carboxylic acids is 1. The first-order valence-corrected chi connectivity index (χ1v) is 8.38. The van der Waals surface area contributed by atoms with Crippen LogP contribution in [0.5, 0.6) is 0 Å². The van der Waals surface area contributed by atoms with Gasteiger partial charge in [-0.05, 0) is 36.5 Å². The fourth-order valence-corrected chi connectivity index (χ4v) is 3.19. The summed E-state index contributed by atoms with van der Waals surface area (Å²) in [6.45, 7) is 0.967. The zero-order chi connectivity index (χ0) is 18.0. The van der Waals surface area contributed by atoms with Crippen molar-refractivity contribution >= 4 is 23.5 Å². The van der Waals surface area contributed by atoms with Gasteiger partial charge in [0.15, 0.2) is 5.76 Å². The molecule has 0 bridgehead atoms. The van der Waals surface area contributed by atoms with Crippen LogP contribution in [0.2, 0.25) is 5.02 Å². The SMILES string of the molecule is O=C(O)c1coc(C(=O)N2CCC(C(O)c3ccc(Cl)cc3)CC2)c1. The molecule has 7 heteroatoms. The maximum atomic E-state index is 12.4. The van der Waals surface area contributed by atoms with Gasteiger partial charge < -0.3 is 19.5 Å². The first-order chi connectivity index (χ1) is 12.0. The van der Waals surface area contributed by atoms with Gasteiger partial charge in [-0.1, -0.05) is 23.7 Å². The lowest BCUT2D eigenvalue weighted by Crippen LogP contribution is -2.39. The van der Waals surface area contributed by atoms with Crippen molar-refractivity contribution in [3.8, 4) is 0 Å². The van der Waals surface area contributed by atoms with E-state index in [1.807, 2.05) is 0 Å². The molecule has 1 aliphatic heterocycles. The highest BCUT2D eigenvalue weighted by Gasteiger charge is 2.30. The topological polar surface area (TPSA) is 91.0 Å². The number of furan rings is 1. The number of carbonyl (C=O) groups is 2. The normalized spacial score (nSPS) is 16.6. The minimum Gasteiger partial charge on any atom is -0.478 e. The van der Waals surface area contributed by atoms with Crippen molar-refractivity contribution in [1.29, 1.82) is 0 Å². The van der Waals surface area contributed by atoms with Crippen LogP contribution in [0.25, 0.3) is 0 Å². The molecule has 0 aliphatic carbocycles. The van der Waals surface area contributed by atoms with Crippen molar-refractivity contribution in [3.05, 3.63) is 58.5 Å². The molecule has 1 fully saturated rings. The van der Waals surface area contributed by atoms with Gasteiger partial charge in [-0.15, -0.1) is 0 Å². The molecule has 3 rings (SSSR count). The van der Waals surface area contributed by atoms with E-state index < -0.39 is 12.1 Å². The Morgan fingerprint density at radius 1 is 1.20 bits per heavy atom. The number of nitrogens with zero attached hydrogens (tertiary/aromatic N) is 1. The average molecular weight is 364 g/mol. The largest absolute Gasteiger partial charge is 0.478 e. The summed E-state index contributed by atoms with van der Waals surface area (Å²) >= 11 is 5.86. The van der Waals surface area contributed by atoms with Crippen LogP contribution in [0, 0.1) is 5.92 Å². The van der Waals surface area contributed by atoms with E-state index in [9.17, 15) is 14.7 Å². The van der Waals surface area contributed by atoms with Gasteiger partial charge >= 0.3 is 5.97 Å². The molecule has 2 N–H and O–H groups in total. The monoisotopic (exact) mass is 363 g/mol. The average Bonchev–Trinajstić information content (AvgIpc) is 3.12. The zero-order valence-corrected chi connectivity index (χ0v) is 14.1. The van der Waals surface area contributed by atoms with Gasteiger partial charge in [0.05, 0.1) is 11.7 Å². The van der Waals surface area contributed by atoms with Crippen molar-refractivity contribution in [3.63, 3.8) is 0 Å². The molecule has 1 aromatic heterocycles. The maximum absolute atomic E-state index is 12.4. The van der Waals surface area contributed by atoms with Crippen molar-refractivity contribution in [1.82, 2.24) is 4.90 Å². The molecule has 0 radical (unpaired) electrons. The number of amides is 1. The molecular formula is C18H18ClNO5. The van der Waals surface area contributed by atoms with Crippen LogP contribution >= 0.6 is 11.6 Å². The van der Waals surface area contributed by atoms with E-state index in [0.29, 0.717) is 31.0 Å². The number of likely N-dealkylation sites (tertiary alicyclic amines) is 1. The minimum absolute atomic E-state index is 0.0223. The fraction of sp³-hybridized carbons (Fsp3) is 0.333. The summed E-state index contributed by atoms with van der Waals surface area (Å²) in [4.78, 5) is 24.9.